The van der Waals surface area contributed by atoms with Gasteiger partial charge in [0.1, 0.15) is 23.2 Å². The predicted molar refractivity (Wildman–Crippen MR) is 74.7 cm³/mol. The van der Waals surface area contributed by atoms with E-state index in [4.69, 9.17) is 4.42 Å². The molecule has 4 heteroatoms. The molecule has 2 aromatic rings. The van der Waals surface area contributed by atoms with Gasteiger partial charge in [-0.2, -0.15) is 0 Å². The summed E-state index contributed by atoms with van der Waals surface area (Å²) in [5.74, 6) is 0.508. The van der Waals surface area contributed by atoms with Gasteiger partial charge in [0.2, 0.25) is 0 Å². The van der Waals surface area contributed by atoms with E-state index in [2.05, 4.69) is 5.32 Å². The van der Waals surface area contributed by atoms with E-state index >= 15 is 0 Å². The molecule has 0 aliphatic carbocycles. The van der Waals surface area contributed by atoms with Gasteiger partial charge < -0.3 is 9.73 Å². The SMILES string of the molecule is CCCNC(c1ccc(C)o1)c1cc(F)c(C)cc1F. The largest absolute Gasteiger partial charge is 0.464 e. The van der Waals surface area contributed by atoms with E-state index in [1.807, 2.05) is 19.9 Å². The normalized spacial score (nSPS) is 12.7. The van der Waals surface area contributed by atoms with Crippen LogP contribution >= 0.6 is 0 Å². The van der Waals surface area contributed by atoms with Crippen molar-refractivity contribution in [2.45, 2.75) is 33.2 Å². The first-order valence-corrected chi connectivity index (χ1v) is 6.78. The molecule has 0 radical (unpaired) electrons. The highest BCUT2D eigenvalue weighted by Crippen LogP contribution is 2.27. The van der Waals surface area contributed by atoms with Crippen LogP contribution in [0, 0.1) is 25.5 Å². The summed E-state index contributed by atoms with van der Waals surface area (Å²) in [6, 6.07) is 5.61. The molecule has 0 fully saturated rings. The molecule has 0 bridgehead atoms. The lowest BCUT2D eigenvalue weighted by Gasteiger charge is -2.18. The molecule has 1 N–H and O–H groups in total. The van der Waals surface area contributed by atoms with Crippen LogP contribution < -0.4 is 5.32 Å². The highest BCUT2D eigenvalue weighted by molar-refractivity contribution is 5.32. The zero-order valence-corrected chi connectivity index (χ0v) is 12.0. The molecule has 0 saturated heterocycles. The maximum absolute atomic E-state index is 14.2. The average Bonchev–Trinajstić information content (AvgIpc) is 2.82. The minimum atomic E-state index is -0.473. The second-order valence-electron chi connectivity index (χ2n) is 4.96. The van der Waals surface area contributed by atoms with E-state index in [-0.39, 0.29) is 5.56 Å². The minimum Gasteiger partial charge on any atom is -0.464 e. The maximum Gasteiger partial charge on any atom is 0.128 e. The third-order valence-electron chi connectivity index (χ3n) is 3.23. The Bertz CT molecular complexity index is 592. The van der Waals surface area contributed by atoms with Crippen molar-refractivity contribution >= 4 is 0 Å². The Labute approximate surface area is 117 Å². The van der Waals surface area contributed by atoms with Crippen LogP contribution in [0.3, 0.4) is 0 Å². The molecule has 2 nitrogen and oxygen atoms in total. The molecule has 1 aromatic heterocycles. The number of benzene rings is 1. The molecule has 0 saturated carbocycles. The smallest absolute Gasteiger partial charge is 0.128 e. The van der Waals surface area contributed by atoms with Crippen molar-refractivity contribution in [3.05, 3.63) is 58.5 Å². The molecule has 0 aliphatic heterocycles. The van der Waals surface area contributed by atoms with Gasteiger partial charge >= 0.3 is 0 Å². The summed E-state index contributed by atoms with van der Waals surface area (Å²) in [5.41, 5.74) is 0.576. The fourth-order valence-corrected chi connectivity index (χ4v) is 2.14. The Morgan fingerprint density at radius 3 is 2.50 bits per heavy atom. The summed E-state index contributed by atoms with van der Waals surface area (Å²) in [6.07, 6.45) is 0.895. The zero-order chi connectivity index (χ0) is 14.7. The Morgan fingerprint density at radius 1 is 1.15 bits per heavy atom. The van der Waals surface area contributed by atoms with Crippen molar-refractivity contribution < 1.29 is 13.2 Å². The predicted octanol–water partition coefficient (Wildman–Crippen LogP) is 4.26. The lowest BCUT2D eigenvalue weighted by molar-refractivity contribution is 0.420. The first kappa shape index (κ1) is 14.7. The number of hydrogen-bond acceptors (Lipinski definition) is 2. The minimum absolute atomic E-state index is 0.274. The highest BCUT2D eigenvalue weighted by Gasteiger charge is 2.21. The lowest BCUT2D eigenvalue weighted by atomic mass is 10.0. The Morgan fingerprint density at radius 2 is 1.90 bits per heavy atom. The van der Waals surface area contributed by atoms with Gasteiger partial charge in [0, 0.05) is 5.56 Å². The van der Waals surface area contributed by atoms with Crippen LogP contribution in [0.1, 0.15) is 42.0 Å². The Balaban J connectivity index is 2.43. The second-order valence-corrected chi connectivity index (χ2v) is 4.96. The third-order valence-corrected chi connectivity index (χ3v) is 3.23. The van der Waals surface area contributed by atoms with E-state index in [1.165, 1.54) is 12.1 Å². The van der Waals surface area contributed by atoms with Crippen LogP contribution in [-0.4, -0.2) is 6.54 Å². The summed E-state index contributed by atoms with van der Waals surface area (Å²) in [5, 5.41) is 3.20. The number of halogens is 2. The first-order valence-electron chi connectivity index (χ1n) is 6.78. The number of nitrogens with one attached hydrogen (secondary N) is 1. The van der Waals surface area contributed by atoms with Crippen molar-refractivity contribution in [1.82, 2.24) is 5.32 Å². The molecule has 0 spiro atoms. The van der Waals surface area contributed by atoms with E-state index in [9.17, 15) is 8.78 Å². The number of aryl methyl sites for hydroxylation is 2. The van der Waals surface area contributed by atoms with Crippen molar-refractivity contribution in [2.75, 3.05) is 6.54 Å². The molecule has 1 aromatic carbocycles. The van der Waals surface area contributed by atoms with Crippen LogP contribution in [0.5, 0.6) is 0 Å². The van der Waals surface area contributed by atoms with Gasteiger partial charge in [-0.15, -0.1) is 0 Å². The van der Waals surface area contributed by atoms with Crippen molar-refractivity contribution in [3.63, 3.8) is 0 Å². The highest BCUT2D eigenvalue weighted by atomic mass is 19.1. The van der Waals surface area contributed by atoms with E-state index in [0.29, 0.717) is 17.9 Å². The summed E-state index contributed by atoms with van der Waals surface area (Å²) < 4.78 is 33.5. The Kier molecular flexibility index (Phi) is 4.55. The summed E-state index contributed by atoms with van der Waals surface area (Å²) in [6.45, 7) is 6.09. The number of furan rings is 1. The van der Waals surface area contributed by atoms with Crippen molar-refractivity contribution in [1.29, 1.82) is 0 Å². The summed E-state index contributed by atoms with van der Waals surface area (Å²) >= 11 is 0. The molecule has 108 valence electrons. The third kappa shape index (κ3) is 3.07. The van der Waals surface area contributed by atoms with Crippen LogP contribution in [-0.2, 0) is 0 Å². The number of rotatable bonds is 5. The monoisotopic (exact) mass is 279 g/mol. The molecule has 1 atom stereocenters. The maximum atomic E-state index is 14.2. The van der Waals surface area contributed by atoms with Crippen LogP contribution in [0.2, 0.25) is 0 Å². The van der Waals surface area contributed by atoms with Gasteiger partial charge in [-0.05, 0) is 56.6 Å². The number of hydrogen-bond donors (Lipinski definition) is 1. The molecule has 2 rings (SSSR count). The summed E-state index contributed by atoms with van der Waals surface area (Å²) in [7, 11) is 0. The quantitative estimate of drug-likeness (QED) is 0.884. The van der Waals surface area contributed by atoms with Gasteiger partial charge in [-0.25, -0.2) is 8.78 Å². The zero-order valence-electron chi connectivity index (χ0n) is 12.0. The van der Waals surface area contributed by atoms with Gasteiger partial charge in [0.25, 0.3) is 0 Å². The Hall–Kier alpha value is -1.68. The fourth-order valence-electron chi connectivity index (χ4n) is 2.14. The molecule has 20 heavy (non-hydrogen) atoms. The standard InChI is InChI=1S/C16H19F2NO/c1-4-7-19-16(15-6-5-11(3)20-15)12-9-13(17)10(2)8-14(12)18/h5-6,8-9,16,19H,4,7H2,1-3H3. The second kappa shape index (κ2) is 6.18. The van der Waals surface area contributed by atoms with Crippen molar-refractivity contribution in [3.8, 4) is 0 Å². The lowest BCUT2D eigenvalue weighted by Crippen LogP contribution is -2.24. The summed E-state index contributed by atoms with van der Waals surface area (Å²) in [4.78, 5) is 0. The van der Waals surface area contributed by atoms with Gasteiger partial charge in [-0.1, -0.05) is 6.92 Å². The average molecular weight is 279 g/mol. The molecule has 1 heterocycles. The van der Waals surface area contributed by atoms with E-state index in [0.717, 1.165) is 12.2 Å². The van der Waals surface area contributed by atoms with Gasteiger partial charge in [-0.3, -0.25) is 0 Å². The van der Waals surface area contributed by atoms with Gasteiger partial charge in [0.05, 0.1) is 6.04 Å². The van der Waals surface area contributed by atoms with E-state index < -0.39 is 17.7 Å². The van der Waals surface area contributed by atoms with Crippen LogP contribution in [0.25, 0.3) is 0 Å². The molecular weight excluding hydrogens is 260 g/mol. The molecule has 1 unspecified atom stereocenters. The first-order chi connectivity index (χ1) is 9.52. The van der Waals surface area contributed by atoms with Crippen molar-refractivity contribution in [2.24, 2.45) is 0 Å². The van der Waals surface area contributed by atoms with Crippen LogP contribution in [0.15, 0.2) is 28.7 Å². The molecular formula is C16H19F2NO. The fraction of sp³-hybridized carbons (Fsp3) is 0.375. The molecule has 0 aliphatic rings. The van der Waals surface area contributed by atoms with Crippen LogP contribution in [0.4, 0.5) is 8.78 Å². The molecule has 0 amide bonds. The van der Waals surface area contributed by atoms with Gasteiger partial charge in [0.15, 0.2) is 0 Å². The van der Waals surface area contributed by atoms with E-state index in [1.54, 1.807) is 13.0 Å². The topological polar surface area (TPSA) is 25.2 Å².